The van der Waals surface area contributed by atoms with E-state index in [-0.39, 0.29) is 12.3 Å². The van der Waals surface area contributed by atoms with Crippen LogP contribution in [0.2, 0.25) is 0 Å². The Morgan fingerprint density at radius 1 is 1.00 bits per heavy atom. The highest BCUT2D eigenvalue weighted by atomic mass is 19.4. The molecule has 1 aliphatic heterocycles. The van der Waals surface area contributed by atoms with Gasteiger partial charge in [0.2, 0.25) is 0 Å². The van der Waals surface area contributed by atoms with Gasteiger partial charge in [-0.1, -0.05) is 50.7 Å². The molecule has 1 N–H and O–H groups in total. The zero-order valence-electron chi connectivity index (χ0n) is 16.3. The van der Waals surface area contributed by atoms with Gasteiger partial charge in [0.25, 0.3) is 0 Å². The van der Waals surface area contributed by atoms with Gasteiger partial charge in [-0.25, -0.2) is 0 Å². The van der Waals surface area contributed by atoms with E-state index in [0.29, 0.717) is 24.9 Å². The molecular weight excluding hydrogens is 367 g/mol. The molecule has 0 unspecified atom stereocenters. The lowest BCUT2D eigenvalue weighted by atomic mass is 9.76. The lowest BCUT2D eigenvalue weighted by molar-refractivity contribution is -0.139. The van der Waals surface area contributed by atoms with Crippen molar-refractivity contribution in [2.24, 2.45) is 17.8 Å². The Labute approximate surface area is 164 Å². The van der Waals surface area contributed by atoms with Crippen molar-refractivity contribution in [3.63, 3.8) is 0 Å². The quantitative estimate of drug-likeness (QED) is 0.659. The fraction of sp³-hybridized carbons (Fsp3) is 0.682. The molecule has 2 fully saturated rings. The number of rotatable bonds is 5. The zero-order chi connectivity index (χ0) is 20.1. The molecule has 0 bridgehead atoms. The Balaban J connectivity index is 1.68. The van der Waals surface area contributed by atoms with Crippen LogP contribution in [0.15, 0.2) is 24.3 Å². The Kier molecular flexibility index (Phi) is 7.02. The lowest BCUT2D eigenvalue weighted by Gasteiger charge is -2.41. The molecule has 156 valence electrons. The summed E-state index contributed by atoms with van der Waals surface area (Å²) < 4.78 is 38.3. The molecule has 1 saturated carbocycles. The minimum absolute atomic E-state index is 0.119. The summed E-state index contributed by atoms with van der Waals surface area (Å²) in [5, 5.41) is 9.27. The molecule has 1 aromatic rings. The number of benzene rings is 1. The van der Waals surface area contributed by atoms with Crippen molar-refractivity contribution in [1.82, 2.24) is 4.90 Å². The number of hydrogen-bond donors (Lipinski definition) is 1. The summed E-state index contributed by atoms with van der Waals surface area (Å²) in [5.41, 5.74) is 0.221. The van der Waals surface area contributed by atoms with E-state index in [1.165, 1.54) is 38.5 Å². The van der Waals surface area contributed by atoms with Gasteiger partial charge in [0.05, 0.1) is 5.56 Å². The normalized spacial score (nSPS) is 25.4. The first-order chi connectivity index (χ1) is 13.3. The van der Waals surface area contributed by atoms with Crippen molar-refractivity contribution in [1.29, 1.82) is 0 Å². The second-order valence-electron chi connectivity index (χ2n) is 8.60. The second kappa shape index (κ2) is 9.29. The van der Waals surface area contributed by atoms with Crippen LogP contribution in [0.3, 0.4) is 0 Å². The molecule has 0 aromatic heterocycles. The maximum Gasteiger partial charge on any atom is 0.416 e. The number of hydrogen-bond acceptors (Lipinski definition) is 2. The predicted octanol–water partition coefficient (Wildman–Crippen LogP) is 5.59. The smallest absolute Gasteiger partial charge is 0.416 e. The van der Waals surface area contributed by atoms with Gasteiger partial charge in [-0.2, -0.15) is 13.2 Å². The summed E-state index contributed by atoms with van der Waals surface area (Å²) in [6.07, 6.45) is 4.34. The van der Waals surface area contributed by atoms with Gasteiger partial charge in [0.1, 0.15) is 0 Å². The van der Waals surface area contributed by atoms with Crippen LogP contribution < -0.4 is 0 Å². The SMILES string of the molecule is O=C(O)C[C@@H]1C[C@@H](C2CCCCCC2)CN(Cc2ccc(C(F)(F)F)cc2)C1. The number of carbonyl (C=O) groups is 1. The summed E-state index contributed by atoms with van der Waals surface area (Å²) in [7, 11) is 0. The number of piperidine rings is 1. The van der Waals surface area contributed by atoms with Crippen LogP contribution in [-0.4, -0.2) is 29.1 Å². The van der Waals surface area contributed by atoms with Crippen LogP contribution in [0.1, 0.15) is 62.5 Å². The molecule has 0 spiro atoms. The van der Waals surface area contributed by atoms with Gasteiger partial charge >= 0.3 is 12.1 Å². The molecule has 3 nitrogen and oxygen atoms in total. The maximum absolute atomic E-state index is 12.8. The first kappa shape index (κ1) is 21.2. The van der Waals surface area contributed by atoms with E-state index in [9.17, 15) is 23.1 Å². The van der Waals surface area contributed by atoms with Crippen molar-refractivity contribution in [2.45, 2.75) is 64.1 Å². The van der Waals surface area contributed by atoms with Gasteiger partial charge in [0, 0.05) is 26.1 Å². The first-order valence-corrected chi connectivity index (χ1v) is 10.4. The van der Waals surface area contributed by atoms with Crippen molar-refractivity contribution in [2.75, 3.05) is 13.1 Å². The van der Waals surface area contributed by atoms with E-state index in [1.807, 2.05) is 0 Å². The van der Waals surface area contributed by atoms with Gasteiger partial charge < -0.3 is 5.11 Å². The molecular formula is C22H30F3NO2. The Morgan fingerprint density at radius 3 is 2.21 bits per heavy atom. The minimum atomic E-state index is -4.32. The summed E-state index contributed by atoms with van der Waals surface area (Å²) >= 11 is 0. The monoisotopic (exact) mass is 397 g/mol. The van der Waals surface area contributed by atoms with Crippen LogP contribution in [0.4, 0.5) is 13.2 Å². The predicted molar refractivity (Wildman–Crippen MR) is 102 cm³/mol. The van der Waals surface area contributed by atoms with Crippen molar-refractivity contribution in [3.05, 3.63) is 35.4 Å². The molecule has 1 heterocycles. The molecule has 3 rings (SSSR count). The fourth-order valence-corrected chi connectivity index (χ4v) is 5.05. The standard InChI is InChI=1S/C22H30F3NO2/c23-22(24,25)20-9-7-16(8-10-20)13-26-14-17(12-21(27)28)11-19(15-26)18-5-3-1-2-4-6-18/h7-10,17-19H,1-6,11-15H2,(H,27,28)/t17-,19+/m0/s1. The van der Waals surface area contributed by atoms with E-state index in [0.717, 1.165) is 30.7 Å². The molecule has 6 heteroatoms. The molecule has 1 saturated heterocycles. The molecule has 2 aliphatic rings. The third-order valence-corrected chi connectivity index (χ3v) is 6.36. The van der Waals surface area contributed by atoms with Crippen LogP contribution in [0.5, 0.6) is 0 Å². The van der Waals surface area contributed by atoms with Gasteiger partial charge in [0.15, 0.2) is 0 Å². The number of carboxylic acids is 1. The third kappa shape index (κ3) is 5.97. The number of likely N-dealkylation sites (tertiary alicyclic amines) is 1. The van der Waals surface area contributed by atoms with E-state index >= 15 is 0 Å². The van der Waals surface area contributed by atoms with E-state index in [4.69, 9.17) is 0 Å². The average Bonchev–Trinajstić information content (AvgIpc) is 2.90. The number of alkyl halides is 3. The Morgan fingerprint density at radius 2 is 1.64 bits per heavy atom. The lowest BCUT2D eigenvalue weighted by Crippen LogP contribution is -2.43. The molecule has 0 radical (unpaired) electrons. The van der Waals surface area contributed by atoms with E-state index < -0.39 is 17.7 Å². The third-order valence-electron chi connectivity index (χ3n) is 6.36. The van der Waals surface area contributed by atoms with Crippen molar-refractivity contribution in [3.8, 4) is 0 Å². The second-order valence-corrected chi connectivity index (χ2v) is 8.60. The molecule has 0 amide bonds. The van der Waals surface area contributed by atoms with E-state index in [1.54, 1.807) is 12.1 Å². The van der Waals surface area contributed by atoms with Crippen LogP contribution in [-0.2, 0) is 17.5 Å². The highest BCUT2D eigenvalue weighted by Crippen LogP contribution is 2.37. The zero-order valence-corrected chi connectivity index (χ0v) is 16.3. The fourth-order valence-electron chi connectivity index (χ4n) is 5.05. The summed E-state index contributed by atoms with van der Waals surface area (Å²) in [6.45, 7) is 2.20. The number of carboxylic acid groups (broad SMARTS) is 1. The molecule has 2 atom stereocenters. The number of halogens is 3. The largest absolute Gasteiger partial charge is 0.481 e. The highest BCUT2D eigenvalue weighted by molar-refractivity contribution is 5.67. The molecule has 28 heavy (non-hydrogen) atoms. The maximum atomic E-state index is 12.8. The molecule has 1 aliphatic carbocycles. The summed E-state index contributed by atoms with van der Waals surface area (Å²) in [6, 6.07) is 5.36. The minimum Gasteiger partial charge on any atom is -0.481 e. The number of aliphatic carboxylic acids is 1. The van der Waals surface area contributed by atoms with Crippen molar-refractivity contribution >= 4 is 5.97 Å². The Hall–Kier alpha value is -1.56. The van der Waals surface area contributed by atoms with Crippen LogP contribution in [0.25, 0.3) is 0 Å². The van der Waals surface area contributed by atoms with Gasteiger partial charge in [-0.15, -0.1) is 0 Å². The first-order valence-electron chi connectivity index (χ1n) is 10.4. The Bertz CT molecular complexity index is 636. The number of nitrogens with zero attached hydrogens (tertiary/aromatic N) is 1. The van der Waals surface area contributed by atoms with E-state index in [2.05, 4.69) is 4.90 Å². The van der Waals surface area contributed by atoms with Gasteiger partial charge in [-0.3, -0.25) is 9.69 Å². The highest BCUT2D eigenvalue weighted by Gasteiger charge is 2.34. The van der Waals surface area contributed by atoms with Crippen molar-refractivity contribution < 1.29 is 23.1 Å². The van der Waals surface area contributed by atoms with Crippen LogP contribution in [0, 0.1) is 17.8 Å². The molecule has 1 aromatic carbocycles. The average molecular weight is 397 g/mol. The van der Waals surface area contributed by atoms with Gasteiger partial charge in [-0.05, 0) is 41.9 Å². The van der Waals surface area contributed by atoms with Crippen LogP contribution >= 0.6 is 0 Å². The summed E-state index contributed by atoms with van der Waals surface area (Å²) in [4.78, 5) is 13.5. The summed E-state index contributed by atoms with van der Waals surface area (Å²) in [5.74, 6) is 0.495. The topological polar surface area (TPSA) is 40.5 Å².